The highest BCUT2D eigenvalue weighted by atomic mass is 79.9. The third-order valence-electron chi connectivity index (χ3n) is 3.99. The summed E-state index contributed by atoms with van der Waals surface area (Å²) in [7, 11) is 1.77. The zero-order valence-corrected chi connectivity index (χ0v) is 19.6. The van der Waals surface area contributed by atoms with Crippen molar-refractivity contribution >= 4 is 68.4 Å². The zero-order chi connectivity index (χ0) is 21.7. The van der Waals surface area contributed by atoms with Crippen LogP contribution in [-0.4, -0.2) is 32.3 Å². The molecule has 7 nitrogen and oxygen atoms in total. The zero-order valence-electron chi connectivity index (χ0n) is 15.7. The fraction of sp³-hybridized carbons (Fsp3) is 0.158. The molecule has 3 aromatic rings. The third kappa shape index (κ3) is 5.75. The van der Waals surface area contributed by atoms with Gasteiger partial charge in [0.2, 0.25) is 5.91 Å². The second-order valence-corrected chi connectivity index (χ2v) is 8.70. The largest absolute Gasteiger partial charge is 0.345 e. The smallest absolute Gasteiger partial charge is 0.253 e. The van der Waals surface area contributed by atoms with Crippen LogP contribution >= 0.6 is 50.9 Å². The van der Waals surface area contributed by atoms with E-state index in [9.17, 15) is 9.59 Å². The van der Waals surface area contributed by atoms with Crippen molar-refractivity contribution in [2.45, 2.75) is 11.7 Å². The van der Waals surface area contributed by atoms with Gasteiger partial charge in [0.05, 0.1) is 27.9 Å². The molecule has 0 unspecified atom stereocenters. The number of nitrogens with zero attached hydrogens (tertiary/aromatic N) is 3. The number of thioether (sulfide) groups is 1. The lowest BCUT2D eigenvalue weighted by atomic mass is 10.2. The molecule has 0 fully saturated rings. The minimum absolute atomic E-state index is 0.144. The molecule has 0 spiro atoms. The molecule has 30 heavy (non-hydrogen) atoms. The van der Waals surface area contributed by atoms with Gasteiger partial charge in [0, 0.05) is 17.2 Å². The van der Waals surface area contributed by atoms with Gasteiger partial charge in [-0.3, -0.25) is 9.59 Å². The summed E-state index contributed by atoms with van der Waals surface area (Å²) < 4.78 is 2.48. The molecule has 11 heteroatoms. The number of amides is 2. The van der Waals surface area contributed by atoms with Gasteiger partial charge < -0.3 is 15.2 Å². The molecule has 1 aromatic heterocycles. The van der Waals surface area contributed by atoms with Crippen LogP contribution in [-0.2, 0) is 18.4 Å². The molecule has 0 saturated carbocycles. The van der Waals surface area contributed by atoms with Crippen molar-refractivity contribution in [3.8, 4) is 0 Å². The molecule has 2 N–H and O–H groups in total. The van der Waals surface area contributed by atoms with Gasteiger partial charge in [0.25, 0.3) is 5.91 Å². The van der Waals surface area contributed by atoms with Crippen LogP contribution < -0.4 is 10.6 Å². The number of nitrogens with one attached hydrogen (secondary N) is 2. The number of rotatable bonds is 7. The topological polar surface area (TPSA) is 88.9 Å². The van der Waals surface area contributed by atoms with Gasteiger partial charge >= 0.3 is 0 Å². The van der Waals surface area contributed by atoms with Crippen LogP contribution in [0.4, 0.5) is 5.69 Å². The number of halogens is 3. The maximum Gasteiger partial charge on any atom is 0.253 e. The monoisotopic (exact) mass is 527 g/mol. The Morgan fingerprint density at radius 3 is 2.63 bits per heavy atom. The molecule has 0 aliphatic heterocycles. The average molecular weight is 529 g/mol. The first-order chi connectivity index (χ1) is 14.3. The van der Waals surface area contributed by atoms with E-state index in [1.165, 1.54) is 11.8 Å². The molecule has 0 bridgehead atoms. The molecule has 0 radical (unpaired) electrons. The Morgan fingerprint density at radius 2 is 1.90 bits per heavy atom. The lowest BCUT2D eigenvalue weighted by Crippen LogP contribution is -2.24. The quantitative estimate of drug-likeness (QED) is 0.439. The molecule has 0 aliphatic carbocycles. The summed E-state index contributed by atoms with van der Waals surface area (Å²) in [5, 5.41) is 15.1. The lowest BCUT2D eigenvalue weighted by molar-refractivity contribution is -0.113. The van der Waals surface area contributed by atoms with E-state index in [-0.39, 0.29) is 24.1 Å². The van der Waals surface area contributed by atoms with Crippen LogP contribution in [0.25, 0.3) is 0 Å². The Labute approximate surface area is 195 Å². The van der Waals surface area contributed by atoms with Crippen LogP contribution in [0.5, 0.6) is 0 Å². The van der Waals surface area contributed by atoms with Crippen LogP contribution in [0.2, 0.25) is 10.0 Å². The van der Waals surface area contributed by atoms with Crippen molar-refractivity contribution in [3.05, 3.63) is 68.4 Å². The maximum atomic E-state index is 12.3. The van der Waals surface area contributed by atoms with E-state index in [4.69, 9.17) is 23.2 Å². The van der Waals surface area contributed by atoms with E-state index in [0.29, 0.717) is 32.3 Å². The highest BCUT2D eigenvalue weighted by Gasteiger charge is 2.14. The predicted octanol–water partition coefficient (Wildman–Crippen LogP) is 4.55. The van der Waals surface area contributed by atoms with Gasteiger partial charge in [-0.25, -0.2) is 0 Å². The van der Waals surface area contributed by atoms with E-state index in [2.05, 4.69) is 36.8 Å². The number of hydrogen-bond donors (Lipinski definition) is 2. The average Bonchev–Trinajstić information content (AvgIpc) is 3.07. The summed E-state index contributed by atoms with van der Waals surface area (Å²) in [5.74, 6) is 0.198. The van der Waals surface area contributed by atoms with Crippen LogP contribution in [0.15, 0.2) is 52.1 Å². The summed E-state index contributed by atoms with van der Waals surface area (Å²) in [6, 6.07) is 12.0. The normalized spacial score (nSPS) is 10.7. The van der Waals surface area contributed by atoms with E-state index in [1.54, 1.807) is 54.1 Å². The third-order valence-corrected chi connectivity index (χ3v) is 6.57. The predicted molar refractivity (Wildman–Crippen MR) is 122 cm³/mol. The summed E-state index contributed by atoms with van der Waals surface area (Å²) in [6.07, 6.45) is 0. The fourth-order valence-electron chi connectivity index (χ4n) is 2.43. The molecule has 2 amide bonds. The number of carbonyl (C=O) groups is 2. The van der Waals surface area contributed by atoms with E-state index in [1.807, 2.05) is 0 Å². The first-order valence-electron chi connectivity index (χ1n) is 8.64. The number of aromatic nitrogens is 3. The highest BCUT2D eigenvalue weighted by Crippen LogP contribution is 2.26. The minimum atomic E-state index is -0.301. The second-order valence-electron chi connectivity index (χ2n) is 6.09. The first kappa shape index (κ1) is 22.6. The Hall–Kier alpha value is -2.07. The van der Waals surface area contributed by atoms with E-state index < -0.39 is 0 Å². The van der Waals surface area contributed by atoms with Gasteiger partial charge in [-0.1, -0.05) is 47.1 Å². The van der Waals surface area contributed by atoms with Gasteiger partial charge in [0.1, 0.15) is 0 Å². The Kier molecular flexibility index (Phi) is 7.76. The molecule has 0 aliphatic rings. The highest BCUT2D eigenvalue weighted by molar-refractivity contribution is 9.10. The lowest BCUT2D eigenvalue weighted by Gasteiger charge is -2.08. The molecular weight excluding hydrogens is 513 g/mol. The Bertz CT molecular complexity index is 1090. The number of benzene rings is 2. The number of anilines is 1. The minimum Gasteiger partial charge on any atom is -0.345 e. The summed E-state index contributed by atoms with van der Waals surface area (Å²) in [5.41, 5.74) is 0.996. The molecule has 3 rings (SSSR count). The van der Waals surface area contributed by atoms with E-state index >= 15 is 0 Å². The van der Waals surface area contributed by atoms with Crippen molar-refractivity contribution in [3.63, 3.8) is 0 Å². The SMILES string of the molecule is Cn1c(CNC(=O)c2ccccc2Cl)nnc1SCC(=O)Nc1ccc(Br)c(Cl)c1. The fourth-order valence-corrected chi connectivity index (χ4v) is 3.80. The van der Waals surface area contributed by atoms with Gasteiger partial charge in [-0.2, -0.15) is 0 Å². The van der Waals surface area contributed by atoms with Crippen molar-refractivity contribution in [1.29, 1.82) is 0 Å². The molecule has 2 aromatic carbocycles. The van der Waals surface area contributed by atoms with Crippen molar-refractivity contribution < 1.29 is 9.59 Å². The molecule has 0 saturated heterocycles. The number of carbonyl (C=O) groups excluding carboxylic acids is 2. The van der Waals surface area contributed by atoms with Crippen LogP contribution in [0, 0.1) is 0 Å². The van der Waals surface area contributed by atoms with Crippen molar-refractivity contribution in [2.75, 3.05) is 11.1 Å². The number of hydrogen-bond acceptors (Lipinski definition) is 5. The van der Waals surface area contributed by atoms with Crippen LogP contribution in [0.3, 0.4) is 0 Å². The van der Waals surface area contributed by atoms with Crippen molar-refractivity contribution in [2.24, 2.45) is 7.05 Å². The Balaban J connectivity index is 1.53. The van der Waals surface area contributed by atoms with Gasteiger partial charge in [-0.05, 0) is 46.3 Å². The van der Waals surface area contributed by atoms with Crippen LogP contribution in [0.1, 0.15) is 16.2 Å². The Morgan fingerprint density at radius 1 is 1.13 bits per heavy atom. The standard InChI is InChI=1S/C19H16BrCl2N5O2S/c1-27-16(9-23-18(29)12-4-2-3-5-14(12)21)25-26-19(27)30-10-17(28)24-11-6-7-13(20)15(22)8-11/h2-8H,9-10H2,1H3,(H,23,29)(H,24,28). The second kappa shape index (κ2) is 10.3. The van der Waals surface area contributed by atoms with Gasteiger partial charge in [-0.15, -0.1) is 10.2 Å². The maximum absolute atomic E-state index is 12.3. The molecule has 1 heterocycles. The molecular formula is C19H16BrCl2N5O2S. The van der Waals surface area contributed by atoms with E-state index in [0.717, 1.165) is 4.47 Å². The van der Waals surface area contributed by atoms with Gasteiger partial charge in [0.15, 0.2) is 11.0 Å². The van der Waals surface area contributed by atoms with Crippen molar-refractivity contribution in [1.82, 2.24) is 20.1 Å². The molecule has 0 atom stereocenters. The summed E-state index contributed by atoms with van der Waals surface area (Å²) >= 11 is 16.6. The summed E-state index contributed by atoms with van der Waals surface area (Å²) in [4.78, 5) is 24.5. The first-order valence-corrected chi connectivity index (χ1v) is 11.2. The molecule has 156 valence electrons. The summed E-state index contributed by atoms with van der Waals surface area (Å²) in [6.45, 7) is 0.178.